The Kier molecular flexibility index (Phi) is 6.54. The standard InChI is InChI=1S/C24H23N7O3S2/c1-4-15(5-2)22-29-31-20(25)18(21(33)27-24(31)36-22)10-14-6-8-17(9-7-14)34-12-16-11-19(32)30-23(26-16)35-13(3)28-30/h6-11,15,25H,4-5,12H2,1-3H3/b18-10-,25-20?. The molecular weight excluding hydrogens is 498 g/mol. The fourth-order valence-electron chi connectivity index (χ4n) is 3.82. The first-order chi connectivity index (χ1) is 17.4. The van der Waals surface area contributed by atoms with Gasteiger partial charge in [-0.25, -0.2) is 4.98 Å². The molecule has 10 nitrogen and oxygen atoms in total. The second-order valence-corrected chi connectivity index (χ2v) is 10.4. The highest BCUT2D eigenvalue weighted by atomic mass is 32.2. The van der Waals surface area contributed by atoms with Crippen LogP contribution in [0.1, 0.15) is 43.0 Å². The van der Waals surface area contributed by atoms with Crippen LogP contribution in [0.5, 0.6) is 5.75 Å². The zero-order chi connectivity index (χ0) is 25.4. The van der Waals surface area contributed by atoms with Gasteiger partial charge in [0.25, 0.3) is 11.5 Å². The molecule has 1 amide bonds. The lowest BCUT2D eigenvalue weighted by molar-refractivity contribution is -0.114. The van der Waals surface area contributed by atoms with Gasteiger partial charge in [0, 0.05) is 12.0 Å². The Morgan fingerprint density at radius 3 is 2.64 bits per heavy atom. The topological polar surface area (TPSA) is 125 Å². The Labute approximate surface area is 214 Å². The van der Waals surface area contributed by atoms with Gasteiger partial charge in [0.05, 0.1) is 11.3 Å². The van der Waals surface area contributed by atoms with Crippen LogP contribution in [-0.2, 0) is 11.4 Å². The fraction of sp³-hybridized carbons (Fsp3) is 0.292. The maximum Gasteiger partial charge on any atom is 0.283 e. The summed E-state index contributed by atoms with van der Waals surface area (Å²) in [5, 5.41) is 20.8. The summed E-state index contributed by atoms with van der Waals surface area (Å²) in [6.45, 7) is 6.15. The highest BCUT2D eigenvalue weighted by Crippen LogP contribution is 2.33. The van der Waals surface area contributed by atoms with E-state index in [-0.39, 0.29) is 29.5 Å². The number of fused-ring (bicyclic) bond motifs is 2. The third-order valence-electron chi connectivity index (χ3n) is 5.78. The molecule has 4 heterocycles. The predicted molar refractivity (Wildman–Crippen MR) is 142 cm³/mol. The molecule has 0 saturated carbocycles. The number of aryl methyl sites for hydroxylation is 1. The molecule has 0 atom stereocenters. The SMILES string of the molecule is CCC(CC)C1=NN2C(=N)/C(=C/c3ccc(OCc4cc(=O)n5nc(C)sc5n4)cc3)C(=O)N=C2S1. The molecule has 2 aliphatic rings. The van der Waals surface area contributed by atoms with Gasteiger partial charge < -0.3 is 4.74 Å². The third-order valence-corrected chi connectivity index (χ3v) is 7.68. The first-order valence-corrected chi connectivity index (χ1v) is 13.1. The number of aromatic nitrogens is 3. The summed E-state index contributed by atoms with van der Waals surface area (Å²) >= 11 is 2.71. The molecule has 0 unspecified atom stereocenters. The normalized spacial score (nSPS) is 16.7. The average Bonchev–Trinajstić information content (AvgIpc) is 3.45. The summed E-state index contributed by atoms with van der Waals surface area (Å²) < 4.78 is 7.07. The van der Waals surface area contributed by atoms with Crippen LogP contribution < -0.4 is 10.3 Å². The van der Waals surface area contributed by atoms with Crippen molar-refractivity contribution < 1.29 is 9.53 Å². The minimum absolute atomic E-state index is 0.0184. The van der Waals surface area contributed by atoms with Crippen molar-refractivity contribution in [2.75, 3.05) is 0 Å². The van der Waals surface area contributed by atoms with Gasteiger partial charge in [-0.1, -0.05) is 37.3 Å². The van der Waals surface area contributed by atoms with Crippen molar-refractivity contribution in [1.29, 1.82) is 5.41 Å². The van der Waals surface area contributed by atoms with E-state index < -0.39 is 5.91 Å². The summed E-state index contributed by atoms with van der Waals surface area (Å²) in [7, 11) is 0. The van der Waals surface area contributed by atoms with Crippen molar-refractivity contribution in [2.24, 2.45) is 16.0 Å². The number of amides is 1. The number of nitrogens with zero attached hydrogens (tertiary/aromatic N) is 6. The van der Waals surface area contributed by atoms with Crippen molar-refractivity contribution in [3.8, 4) is 5.75 Å². The molecule has 5 rings (SSSR count). The number of hydrogen-bond acceptors (Lipinski definition) is 9. The number of hydrazone groups is 1. The molecule has 0 fully saturated rings. The number of nitrogens with one attached hydrogen (secondary N) is 1. The molecule has 0 bridgehead atoms. The van der Waals surface area contributed by atoms with E-state index in [1.807, 2.05) is 6.92 Å². The molecule has 1 N–H and O–H groups in total. The zero-order valence-corrected chi connectivity index (χ0v) is 21.5. The molecule has 0 saturated heterocycles. The average molecular weight is 522 g/mol. The second-order valence-electron chi connectivity index (χ2n) is 8.23. The fourth-order valence-corrected chi connectivity index (χ4v) is 5.74. The molecule has 2 aromatic heterocycles. The monoisotopic (exact) mass is 521 g/mol. The van der Waals surface area contributed by atoms with Crippen LogP contribution in [0, 0.1) is 18.3 Å². The number of thioether (sulfide) groups is 1. The summed E-state index contributed by atoms with van der Waals surface area (Å²) in [5.74, 6) is 0.435. The van der Waals surface area contributed by atoms with Crippen LogP contribution in [0.4, 0.5) is 0 Å². The maximum absolute atomic E-state index is 12.7. The number of ether oxygens (including phenoxy) is 1. The quantitative estimate of drug-likeness (QED) is 0.464. The second kappa shape index (κ2) is 9.78. The largest absolute Gasteiger partial charge is 0.487 e. The lowest BCUT2D eigenvalue weighted by Crippen LogP contribution is -2.35. The van der Waals surface area contributed by atoms with Crippen molar-refractivity contribution in [1.82, 2.24) is 19.6 Å². The first-order valence-electron chi connectivity index (χ1n) is 11.5. The number of hydrogen-bond donors (Lipinski definition) is 1. The summed E-state index contributed by atoms with van der Waals surface area (Å²) in [6, 6.07) is 8.51. The van der Waals surface area contributed by atoms with E-state index in [1.54, 1.807) is 30.3 Å². The molecule has 0 radical (unpaired) electrons. The zero-order valence-electron chi connectivity index (χ0n) is 19.9. The molecule has 2 aliphatic heterocycles. The minimum atomic E-state index is -0.453. The molecule has 0 aliphatic carbocycles. The van der Waals surface area contributed by atoms with Crippen LogP contribution in [0.2, 0.25) is 0 Å². The van der Waals surface area contributed by atoms with Gasteiger partial charge in [-0.15, -0.1) is 0 Å². The van der Waals surface area contributed by atoms with Crippen molar-refractivity contribution in [2.45, 2.75) is 40.2 Å². The van der Waals surface area contributed by atoms with Gasteiger partial charge in [-0.2, -0.15) is 24.7 Å². The van der Waals surface area contributed by atoms with Gasteiger partial charge in [-0.3, -0.25) is 15.0 Å². The van der Waals surface area contributed by atoms with E-state index >= 15 is 0 Å². The molecule has 1 aromatic carbocycles. The van der Waals surface area contributed by atoms with E-state index in [0.717, 1.165) is 28.5 Å². The lowest BCUT2D eigenvalue weighted by atomic mass is 10.1. The number of carbonyl (C=O) groups is 1. The van der Waals surface area contributed by atoms with E-state index in [1.165, 1.54) is 38.7 Å². The highest BCUT2D eigenvalue weighted by molar-refractivity contribution is 8.27. The van der Waals surface area contributed by atoms with Crippen LogP contribution in [-0.4, -0.2) is 41.6 Å². The van der Waals surface area contributed by atoms with E-state index in [9.17, 15) is 9.59 Å². The summed E-state index contributed by atoms with van der Waals surface area (Å²) in [6.07, 6.45) is 3.51. The molecule has 3 aromatic rings. The van der Waals surface area contributed by atoms with Crippen molar-refractivity contribution >= 4 is 56.1 Å². The Hall–Kier alpha value is -3.64. The lowest BCUT2D eigenvalue weighted by Gasteiger charge is -2.20. The van der Waals surface area contributed by atoms with Crippen LogP contribution in [0.3, 0.4) is 0 Å². The molecule has 0 spiro atoms. The van der Waals surface area contributed by atoms with E-state index in [0.29, 0.717) is 21.6 Å². The van der Waals surface area contributed by atoms with Crippen molar-refractivity contribution in [3.63, 3.8) is 0 Å². The number of rotatable bonds is 7. The van der Waals surface area contributed by atoms with Gasteiger partial charge in [-0.05, 0) is 55.3 Å². The number of benzene rings is 1. The maximum atomic E-state index is 12.7. The Morgan fingerprint density at radius 1 is 1.17 bits per heavy atom. The smallest absolute Gasteiger partial charge is 0.283 e. The Morgan fingerprint density at radius 2 is 1.92 bits per heavy atom. The molecular formula is C24H23N7O3S2. The molecule has 12 heteroatoms. The third kappa shape index (κ3) is 4.61. The predicted octanol–water partition coefficient (Wildman–Crippen LogP) is 4.09. The number of amidine groups is 2. The van der Waals surface area contributed by atoms with E-state index in [4.69, 9.17) is 10.1 Å². The van der Waals surface area contributed by atoms with Gasteiger partial charge >= 0.3 is 0 Å². The van der Waals surface area contributed by atoms with Crippen molar-refractivity contribution in [3.05, 3.63) is 62.5 Å². The van der Waals surface area contributed by atoms with Crippen LogP contribution in [0.15, 0.2) is 50.8 Å². The Balaban J connectivity index is 1.29. The number of aliphatic imine (C=N–C) groups is 1. The summed E-state index contributed by atoms with van der Waals surface area (Å²) in [5.41, 5.74) is 1.17. The van der Waals surface area contributed by atoms with Crippen LogP contribution >= 0.6 is 23.1 Å². The van der Waals surface area contributed by atoms with Crippen LogP contribution in [0.25, 0.3) is 11.0 Å². The van der Waals surface area contributed by atoms with Gasteiger partial charge in [0.15, 0.2) is 5.84 Å². The Bertz CT molecular complexity index is 1510. The molecule has 36 heavy (non-hydrogen) atoms. The van der Waals surface area contributed by atoms with Gasteiger partial charge in [0.2, 0.25) is 10.1 Å². The minimum Gasteiger partial charge on any atom is -0.487 e. The first kappa shape index (κ1) is 24.1. The number of carbonyl (C=O) groups excluding carboxylic acids is 1. The highest BCUT2D eigenvalue weighted by Gasteiger charge is 2.37. The van der Waals surface area contributed by atoms with Gasteiger partial charge in [0.1, 0.15) is 22.4 Å². The summed E-state index contributed by atoms with van der Waals surface area (Å²) in [4.78, 5) is 34.0. The molecule has 184 valence electrons. The van der Waals surface area contributed by atoms with E-state index in [2.05, 4.69) is 34.0 Å².